The van der Waals surface area contributed by atoms with Crippen molar-refractivity contribution in [2.24, 2.45) is 11.7 Å². The third kappa shape index (κ3) is 7.67. The van der Waals surface area contributed by atoms with Gasteiger partial charge in [-0.05, 0) is 47.4 Å². The Morgan fingerprint density at radius 2 is 1.60 bits per heavy atom. The number of hydrogen-bond donors (Lipinski definition) is 2. The topological polar surface area (TPSA) is 143 Å². The number of aromatic nitrogens is 1. The first kappa shape index (κ1) is 35.3. The number of imide groups is 1. The molecule has 0 aliphatic carbocycles. The number of thiophene rings is 1. The van der Waals surface area contributed by atoms with Gasteiger partial charge in [0.1, 0.15) is 0 Å². The molecule has 0 radical (unpaired) electrons. The smallest absolute Gasteiger partial charge is 0.416 e. The summed E-state index contributed by atoms with van der Waals surface area (Å²) >= 11 is 2.56. The Morgan fingerprint density at radius 1 is 0.958 bits per heavy atom. The number of amides is 2. The highest BCUT2D eigenvalue weighted by atomic mass is 32.2. The van der Waals surface area contributed by atoms with Crippen molar-refractivity contribution in [2.45, 2.75) is 43.3 Å². The molecule has 2 atom stereocenters. The molecule has 5 aromatic rings. The number of carbonyl (C=O) groups is 2. The molecule has 0 saturated heterocycles. The third-order valence-corrected chi connectivity index (χ3v) is 11.8. The monoisotopic (exact) mass is 706 g/mol. The number of thiazole rings is 1. The zero-order chi connectivity index (χ0) is 34.4. The van der Waals surface area contributed by atoms with Crippen LogP contribution in [0.5, 0.6) is 0 Å². The van der Waals surface area contributed by atoms with Crippen LogP contribution in [-0.2, 0) is 26.1 Å². The average Bonchev–Trinajstić information content (AvgIpc) is 3.77. The lowest BCUT2D eigenvalue weighted by Gasteiger charge is -2.30. The van der Waals surface area contributed by atoms with E-state index in [0.29, 0.717) is 15.3 Å². The summed E-state index contributed by atoms with van der Waals surface area (Å²) in [5.41, 5.74) is 10.7. The van der Waals surface area contributed by atoms with Gasteiger partial charge in [-0.3, -0.25) is 4.79 Å². The zero-order valence-corrected chi connectivity index (χ0v) is 29.3. The summed E-state index contributed by atoms with van der Waals surface area (Å²) in [6, 6.07) is 25.0. The maximum absolute atomic E-state index is 14.1. The minimum Gasteiger partial charge on any atom is -0.452 e. The van der Waals surface area contributed by atoms with E-state index in [4.69, 9.17) is 10.5 Å². The number of aliphatic hydroxyl groups excluding tert-OH is 1. The first-order chi connectivity index (χ1) is 23.0. The van der Waals surface area contributed by atoms with Gasteiger partial charge < -0.3 is 15.6 Å². The molecule has 252 valence electrons. The first-order valence-electron chi connectivity index (χ1n) is 15.3. The second-order valence-electron chi connectivity index (χ2n) is 11.7. The standard InChI is InChI=1S/C35H38N4O6S3/c1-23(2)19-39(48(43,44)27-15-16-28-31(18-27)46-22-37-28)29(21-40)30-17-14-26(47-30)20-38(35(42)45-3)34(41)33(36)32(24-10-6-4-7-11-24)25-12-8-5-9-13-25/h4-18,22-23,29,32-33,40H,19-21,36H2,1-3H3/t29-,33+/m1/s1. The van der Waals surface area contributed by atoms with E-state index in [1.165, 1.54) is 40.2 Å². The van der Waals surface area contributed by atoms with Crippen LogP contribution in [-0.4, -0.2) is 66.0 Å². The summed E-state index contributed by atoms with van der Waals surface area (Å²) in [5, 5.41) is 10.6. The van der Waals surface area contributed by atoms with Gasteiger partial charge in [0.15, 0.2) is 0 Å². The van der Waals surface area contributed by atoms with Gasteiger partial charge >= 0.3 is 6.09 Å². The molecule has 10 nitrogen and oxygen atoms in total. The molecule has 0 aliphatic heterocycles. The van der Waals surface area contributed by atoms with E-state index in [0.717, 1.165) is 20.7 Å². The minimum atomic E-state index is -4.04. The fourth-order valence-electron chi connectivity index (χ4n) is 5.61. The number of methoxy groups -OCH3 is 1. The second kappa shape index (κ2) is 15.5. The summed E-state index contributed by atoms with van der Waals surface area (Å²) in [7, 11) is -2.85. The summed E-state index contributed by atoms with van der Waals surface area (Å²) in [5.74, 6) is -1.21. The van der Waals surface area contributed by atoms with Crippen LogP contribution in [0.15, 0.2) is 101 Å². The Labute approximate surface area is 288 Å². The summed E-state index contributed by atoms with van der Waals surface area (Å²) in [4.78, 5) is 33.5. The Morgan fingerprint density at radius 3 is 2.19 bits per heavy atom. The molecule has 0 unspecified atom stereocenters. The highest BCUT2D eigenvalue weighted by Crippen LogP contribution is 2.35. The molecule has 0 saturated carbocycles. The number of aliphatic hydroxyl groups is 1. The number of ether oxygens (including phenoxy) is 1. The van der Waals surface area contributed by atoms with E-state index in [2.05, 4.69) is 4.98 Å². The molecule has 5 rings (SSSR count). The quantitative estimate of drug-likeness (QED) is 0.152. The molecule has 2 aromatic heterocycles. The van der Waals surface area contributed by atoms with Gasteiger partial charge in [0.25, 0.3) is 0 Å². The largest absolute Gasteiger partial charge is 0.452 e. The van der Waals surface area contributed by atoms with Crippen molar-refractivity contribution in [3.05, 3.63) is 117 Å². The lowest BCUT2D eigenvalue weighted by atomic mass is 9.85. The van der Waals surface area contributed by atoms with Crippen LogP contribution in [0.25, 0.3) is 10.2 Å². The van der Waals surface area contributed by atoms with Crippen molar-refractivity contribution in [3.8, 4) is 0 Å². The van der Waals surface area contributed by atoms with E-state index in [1.54, 1.807) is 29.8 Å². The van der Waals surface area contributed by atoms with Crippen molar-refractivity contribution in [1.29, 1.82) is 0 Å². The second-order valence-corrected chi connectivity index (χ2v) is 15.6. The molecule has 2 heterocycles. The Balaban J connectivity index is 1.44. The number of carbonyl (C=O) groups excluding carboxylic acids is 2. The van der Waals surface area contributed by atoms with Crippen molar-refractivity contribution in [2.75, 3.05) is 20.3 Å². The zero-order valence-electron chi connectivity index (χ0n) is 26.8. The van der Waals surface area contributed by atoms with E-state index in [1.807, 2.05) is 74.5 Å². The molecule has 0 bridgehead atoms. The molecule has 13 heteroatoms. The number of nitrogens with zero attached hydrogens (tertiary/aromatic N) is 3. The Bertz CT molecular complexity index is 1910. The summed E-state index contributed by atoms with van der Waals surface area (Å²) < 4.78 is 35.2. The fraction of sp³-hybridized carbons (Fsp3) is 0.286. The number of rotatable bonds is 13. The van der Waals surface area contributed by atoms with Gasteiger partial charge in [0, 0.05) is 22.2 Å². The number of nitrogens with two attached hydrogens (primary N) is 1. The van der Waals surface area contributed by atoms with Gasteiger partial charge in [-0.15, -0.1) is 22.7 Å². The van der Waals surface area contributed by atoms with Crippen LogP contribution < -0.4 is 5.73 Å². The van der Waals surface area contributed by atoms with E-state index in [-0.39, 0.29) is 23.9 Å². The van der Waals surface area contributed by atoms with Crippen molar-refractivity contribution in [1.82, 2.24) is 14.2 Å². The molecule has 3 N–H and O–H groups in total. The van der Waals surface area contributed by atoms with Crippen LogP contribution >= 0.6 is 22.7 Å². The average molecular weight is 707 g/mol. The Kier molecular flexibility index (Phi) is 11.4. The lowest BCUT2D eigenvalue weighted by Crippen LogP contribution is -2.49. The van der Waals surface area contributed by atoms with Crippen molar-refractivity contribution >= 4 is 54.9 Å². The molecular formula is C35H38N4O6S3. The normalized spacial score (nSPS) is 13.2. The van der Waals surface area contributed by atoms with Crippen LogP contribution in [0.3, 0.4) is 0 Å². The van der Waals surface area contributed by atoms with Crippen molar-refractivity contribution < 1.29 is 27.9 Å². The third-order valence-electron chi connectivity index (χ3n) is 7.92. The molecule has 2 amide bonds. The maximum Gasteiger partial charge on any atom is 0.416 e. The summed E-state index contributed by atoms with van der Waals surface area (Å²) in [6.45, 7) is 3.34. The predicted octanol–water partition coefficient (Wildman–Crippen LogP) is 5.99. The molecule has 48 heavy (non-hydrogen) atoms. The SMILES string of the molecule is COC(=O)N(Cc1ccc([C@@H](CO)N(CC(C)C)S(=O)(=O)c2ccc3ncsc3c2)s1)C(=O)[C@@H](N)C(c1ccccc1)c1ccccc1. The number of sulfonamides is 1. The van der Waals surface area contributed by atoms with E-state index < -0.39 is 46.6 Å². The lowest BCUT2D eigenvalue weighted by molar-refractivity contribution is -0.131. The van der Waals surface area contributed by atoms with Gasteiger partial charge in [-0.2, -0.15) is 4.31 Å². The minimum absolute atomic E-state index is 0.0449. The first-order valence-corrected chi connectivity index (χ1v) is 18.5. The molecule has 0 spiro atoms. The molecule has 0 fully saturated rings. The number of hydrogen-bond acceptors (Lipinski definition) is 10. The van der Waals surface area contributed by atoms with Gasteiger partial charge in [-0.1, -0.05) is 74.5 Å². The number of fused-ring (bicyclic) bond motifs is 1. The fourth-order valence-corrected chi connectivity index (χ4v) is 9.37. The van der Waals surface area contributed by atoms with Crippen LogP contribution in [0, 0.1) is 5.92 Å². The Hall–Kier alpha value is -3.98. The molecule has 3 aromatic carbocycles. The summed E-state index contributed by atoms with van der Waals surface area (Å²) in [6.07, 6.45) is -0.869. The highest BCUT2D eigenvalue weighted by molar-refractivity contribution is 7.89. The van der Waals surface area contributed by atoms with E-state index in [9.17, 15) is 23.1 Å². The van der Waals surface area contributed by atoms with Crippen LogP contribution in [0.2, 0.25) is 0 Å². The number of benzene rings is 3. The van der Waals surface area contributed by atoms with Crippen LogP contribution in [0.4, 0.5) is 4.79 Å². The maximum atomic E-state index is 14.1. The van der Waals surface area contributed by atoms with Gasteiger partial charge in [0.05, 0.1) is 53.0 Å². The predicted molar refractivity (Wildman–Crippen MR) is 188 cm³/mol. The van der Waals surface area contributed by atoms with Gasteiger partial charge in [-0.25, -0.2) is 23.1 Å². The van der Waals surface area contributed by atoms with Crippen molar-refractivity contribution in [3.63, 3.8) is 0 Å². The highest BCUT2D eigenvalue weighted by Gasteiger charge is 2.36. The molecule has 0 aliphatic rings. The molecular weight excluding hydrogens is 669 g/mol. The van der Waals surface area contributed by atoms with E-state index >= 15 is 0 Å². The van der Waals surface area contributed by atoms with Crippen LogP contribution in [0.1, 0.15) is 46.7 Å². The van der Waals surface area contributed by atoms with Gasteiger partial charge in [0.2, 0.25) is 15.9 Å².